The van der Waals surface area contributed by atoms with Crippen LogP contribution < -0.4 is 5.73 Å². The van der Waals surface area contributed by atoms with Gasteiger partial charge in [0, 0.05) is 13.0 Å². The topological polar surface area (TPSA) is 139 Å². The monoisotopic (exact) mass is 482 g/mol. The zero-order chi connectivity index (χ0) is 24.8. The number of carbonyl (C=O) groups is 1. The average molecular weight is 483 g/mol. The third-order valence-electron chi connectivity index (χ3n) is 5.47. The van der Waals surface area contributed by atoms with E-state index in [2.05, 4.69) is 11.4 Å². The number of hydrogen-bond donors (Lipinski definition) is 4. The van der Waals surface area contributed by atoms with Gasteiger partial charge in [0.2, 0.25) is 0 Å². The Morgan fingerprint density at radius 3 is 1.84 bits per heavy atom. The maximum Gasteiger partial charge on any atom is 0.473 e. The van der Waals surface area contributed by atoms with E-state index in [0.29, 0.717) is 6.42 Å². The van der Waals surface area contributed by atoms with E-state index >= 15 is 0 Å². The minimum Gasteiger partial charge on any atom is -0.394 e. The molecule has 0 aromatic rings. The van der Waals surface area contributed by atoms with Gasteiger partial charge in [-0.2, -0.15) is 0 Å². The maximum atomic E-state index is 12.3. The summed E-state index contributed by atoms with van der Waals surface area (Å²) in [7, 11) is -4.59. The number of Topliss-reactive ketones (excluding diaryl/α,β-unsaturated/α-hetero) is 1. The van der Waals surface area contributed by atoms with Crippen LogP contribution in [0, 0.1) is 0 Å². The lowest BCUT2D eigenvalue weighted by molar-refractivity contribution is -0.126. The van der Waals surface area contributed by atoms with Gasteiger partial charge >= 0.3 is 7.82 Å². The summed E-state index contributed by atoms with van der Waals surface area (Å²) in [5.74, 6) is -0.370. The maximum absolute atomic E-state index is 12.3. The number of phosphoric acid groups is 1. The van der Waals surface area contributed by atoms with E-state index in [4.69, 9.17) is 11.0 Å². The molecule has 192 valence electrons. The first-order valence-electron chi connectivity index (χ1n) is 13.0. The zero-order valence-corrected chi connectivity index (χ0v) is 20.9. The summed E-state index contributed by atoms with van der Waals surface area (Å²) >= 11 is 0. The summed E-state index contributed by atoms with van der Waals surface area (Å²) < 4.78 is 28.4. The number of aliphatic hydroxyl groups is 2. The molecule has 0 spiro atoms. The summed E-state index contributed by atoms with van der Waals surface area (Å²) in [5.41, 5.74) is 2.03. The number of ketones is 1. The number of nitrogens with two attached hydrogens (primary N) is 1. The molecule has 0 rings (SSSR count). The lowest BCUT2D eigenvalue weighted by Gasteiger charge is -2.19. The van der Waals surface area contributed by atoms with Crippen LogP contribution in [0.25, 0.3) is 0 Å². The fourth-order valence-corrected chi connectivity index (χ4v) is 4.40. The molecule has 32 heavy (non-hydrogen) atoms. The van der Waals surface area contributed by atoms with E-state index < -0.39 is 33.2 Å². The van der Waals surface area contributed by atoms with Crippen LogP contribution in [0.5, 0.6) is 0 Å². The molecule has 0 amide bonds. The molecule has 0 aromatic carbocycles. The highest BCUT2D eigenvalue weighted by atomic mass is 31.2. The van der Waals surface area contributed by atoms with Crippen molar-refractivity contribution in [3.05, 3.63) is 0 Å². The van der Waals surface area contributed by atoms with Crippen LogP contribution in [0.4, 0.5) is 0 Å². The second-order valence-electron chi connectivity index (χ2n) is 8.56. The predicted octanol–water partition coefficient (Wildman–Crippen LogP) is 4.63. The molecule has 2 unspecified atom stereocenters. The molecular weight excluding hydrogens is 433 g/mol. The molecule has 0 aliphatic heterocycles. The molecular formula is C23H48NO7P. The number of aliphatic hydroxyl groups excluding tert-OH is 2. The predicted molar refractivity (Wildman–Crippen MR) is 127 cm³/mol. The second-order valence-corrected chi connectivity index (χ2v) is 9.97. The Morgan fingerprint density at radius 1 is 0.938 bits per heavy atom. The fourth-order valence-electron chi connectivity index (χ4n) is 3.47. The van der Waals surface area contributed by atoms with Crippen molar-refractivity contribution in [2.24, 2.45) is 5.73 Å². The SMILES string of the molecule is [2H]NCC(OP(=O)(O)OC[C@H](O)CO)C(=O)CCCCCCCCCCCCCCCCC. The molecule has 8 nitrogen and oxygen atoms in total. The molecule has 9 heteroatoms. The molecule has 5 N–H and O–H groups in total. The van der Waals surface area contributed by atoms with Gasteiger partial charge in [-0.15, -0.1) is 0 Å². The smallest absolute Gasteiger partial charge is 0.394 e. The molecule has 0 aliphatic rings. The largest absolute Gasteiger partial charge is 0.473 e. The minimum atomic E-state index is -4.59. The molecule has 0 fully saturated rings. The Bertz CT molecular complexity index is 513. The quantitative estimate of drug-likeness (QED) is 0.109. The number of phosphoric ester groups is 1. The Labute approximate surface area is 196 Å². The standard InChI is InChI=1S/C23H48NO7P/c1-2-3-4-5-6-7-8-9-10-11-12-13-14-15-16-17-22(27)23(18-24)31-32(28,29)30-20-21(26)19-25/h21,23,25-26H,2-20,24H2,1H3,(H,28,29)/t21-,23?/m1/s1/i/hD. The molecule has 0 heterocycles. The Morgan fingerprint density at radius 2 is 1.41 bits per heavy atom. The fraction of sp³-hybridized carbons (Fsp3) is 0.957. The first kappa shape index (κ1) is 29.7. The van der Waals surface area contributed by atoms with Gasteiger partial charge in [-0.05, 0) is 6.42 Å². The van der Waals surface area contributed by atoms with Gasteiger partial charge in [-0.3, -0.25) is 13.8 Å². The van der Waals surface area contributed by atoms with Crippen molar-refractivity contribution in [1.82, 2.24) is 0 Å². The van der Waals surface area contributed by atoms with Gasteiger partial charge < -0.3 is 20.8 Å². The van der Waals surface area contributed by atoms with Crippen LogP contribution in [-0.4, -0.2) is 52.9 Å². The lowest BCUT2D eigenvalue weighted by atomic mass is 10.0. The summed E-state index contributed by atoms with van der Waals surface area (Å²) in [6.45, 7) is 0.775. The van der Waals surface area contributed by atoms with Crippen molar-refractivity contribution in [3.8, 4) is 0 Å². The number of unbranched alkanes of at least 4 members (excludes halogenated alkanes) is 14. The van der Waals surface area contributed by atoms with Gasteiger partial charge in [0.25, 0.3) is 0 Å². The second kappa shape index (κ2) is 21.2. The Hall–Kier alpha value is -0.340. The molecule has 3 atom stereocenters. The van der Waals surface area contributed by atoms with Gasteiger partial charge in [0.15, 0.2) is 5.78 Å². The van der Waals surface area contributed by atoms with Crippen LogP contribution in [0.3, 0.4) is 0 Å². The van der Waals surface area contributed by atoms with Gasteiger partial charge in [-0.25, -0.2) is 4.57 Å². The molecule has 0 saturated heterocycles. The highest BCUT2D eigenvalue weighted by Gasteiger charge is 2.30. The van der Waals surface area contributed by atoms with E-state index in [1.165, 1.54) is 70.6 Å². The minimum absolute atomic E-state index is 0.198. The van der Waals surface area contributed by atoms with Crippen molar-refractivity contribution >= 4 is 13.6 Å². The van der Waals surface area contributed by atoms with E-state index in [1.807, 2.05) is 5.73 Å². The van der Waals surface area contributed by atoms with Crippen molar-refractivity contribution in [3.63, 3.8) is 0 Å². The zero-order valence-electron chi connectivity index (χ0n) is 21.0. The number of rotatable bonds is 25. The molecule has 0 bridgehead atoms. The van der Waals surface area contributed by atoms with E-state index in [0.717, 1.165) is 19.3 Å². The third kappa shape index (κ3) is 19.2. The van der Waals surface area contributed by atoms with E-state index in [9.17, 15) is 19.4 Å². The normalized spacial score (nSPS) is 15.8. The summed E-state index contributed by atoms with van der Waals surface area (Å²) in [5, 5.41) is 17.9. The molecule has 0 aromatic heterocycles. The van der Waals surface area contributed by atoms with Crippen LogP contribution in [0.2, 0.25) is 1.41 Å². The highest BCUT2D eigenvalue weighted by Crippen LogP contribution is 2.44. The Kier molecular flexibility index (Phi) is 19.7. The first-order valence-corrected chi connectivity index (χ1v) is 14.0. The van der Waals surface area contributed by atoms with Crippen molar-refractivity contribution in [2.75, 3.05) is 19.8 Å². The number of hydrogen-bond acceptors (Lipinski definition) is 7. The van der Waals surface area contributed by atoms with Crippen LogP contribution in [-0.2, 0) is 18.4 Å². The van der Waals surface area contributed by atoms with E-state index in [1.54, 1.807) is 0 Å². The van der Waals surface area contributed by atoms with Crippen LogP contribution in [0.15, 0.2) is 0 Å². The first-order chi connectivity index (χ1) is 15.9. The van der Waals surface area contributed by atoms with Crippen LogP contribution >= 0.6 is 7.82 Å². The number of carbonyl (C=O) groups excluding carboxylic acids is 1. The lowest BCUT2D eigenvalue weighted by Crippen LogP contribution is -2.32. The highest BCUT2D eigenvalue weighted by molar-refractivity contribution is 7.47. The van der Waals surface area contributed by atoms with Gasteiger partial charge in [0.05, 0.1) is 13.2 Å². The van der Waals surface area contributed by atoms with Crippen LogP contribution in [0.1, 0.15) is 110 Å². The molecule has 0 saturated carbocycles. The van der Waals surface area contributed by atoms with Gasteiger partial charge in [0.1, 0.15) is 13.6 Å². The molecule has 0 radical (unpaired) electrons. The Balaban J connectivity index is 3.80. The average Bonchev–Trinajstić information content (AvgIpc) is 2.79. The van der Waals surface area contributed by atoms with Crippen molar-refractivity contribution < 1.29 is 34.9 Å². The summed E-state index contributed by atoms with van der Waals surface area (Å²) in [4.78, 5) is 22.0. The molecule has 0 aliphatic carbocycles. The van der Waals surface area contributed by atoms with Crippen molar-refractivity contribution in [2.45, 2.75) is 122 Å². The summed E-state index contributed by atoms with van der Waals surface area (Å²) in [6, 6.07) is 0. The summed E-state index contributed by atoms with van der Waals surface area (Å²) in [6.07, 6.45) is 16.0. The van der Waals surface area contributed by atoms with Crippen molar-refractivity contribution in [1.29, 1.82) is 0 Å². The van der Waals surface area contributed by atoms with Gasteiger partial charge in [-0.1, -0.05) is 96.8 Å². The third-order valence-corrected chi connectivity index (χ3v) is 6.47. The van der Waals surface area contributed by atoms with E-state index in [-0.39, 0.29) is 18.7 Å².